The first-order valence-corrected chi connectivity index (χ1v) is 9.41. The van der Waals surface area contributed by atoms with Crippen LogP contribution in [0.4, 0.5) is 13.2 Å². The molecule has 0 spiro atoms. The summed E-state index contributed by atoms with van der Waals surface area (Å²) in [6.45, 7) is 0.371. The lowest BCUT2D eigenvalue weighted by atomic mass is 9.76. The molecule has 3 rings (SSSR count). The van der Waals surface area contributed by atoms with E-state index in [9.17, 15) is 13.2 Å². The third-order valence-electron chi connectivity index (χ3n) is 4.77. The quantitative estimate of drug-likeness (QED) is 0.173. The van der Waals surface area contributed by atoms with Gasteiger partial charge in [-0.05, 0) is 34.4 Å². The molecule has 2 atom stereocenters. The minimum absolute atomic E-state index is 0.176. The number of azide groups is 1. The topological polar surface area (TPSA) is 58.0 Å². The first-order valence-electron chi connectivity index (χ1n) is 9.41. The van der Waals surface area contributed by atoms with Gasteiger partial charge >= 0.3 is 6.18 Å². The summed E-state index contributed by atoms with van der Waals surface area (Å²) in [5, 5.41) is 3.39. The van der Waals surface area contributed by atoms with Crippen molar-refractivity contribution in [1.29, 1.82) is 0 Å². The Hall–Kier alpha value is -3.44. The van der Waals surface area contributed by atoms with Gasteiger partial charge in [-0.15, -0.1) is 0 Å². The number of hydrogen-bond acceptors (Lipinski definition) is 2. The minimum Gasteiger partial charge on any atom is -0.493 e. The molecule has 0 aliphatic carbocycles. The number of ether oxygens (including phenoxy) is 1. The average Bonchev–Trinajstić information content (AvgIpc) is 2.76. The maximum absolute atomic E-state index is 14.3. The van der Waals surface area contributed by atoms with Crippen LogP contribution < -0.4 is 4.74 Å². The molecular formula is C23H20F3N3O. The molecule has 3 aromatic carbocycles. The Morgan fingerprint density at radius 2 is 1.33 bits per heavy atom. The molecule has 0 fully saturated rings. The number of nitrogens with zero attached hydrogens (tertiary/aromatic N) is 3. The van der Waals surface area contributed by atoms with Crippen molar-refractivity contribution in [2.45, 2.75) is 18.0 Å². The molecule has 154 valence electrons. The van der Waals surface area contributed by atoms with Gasteiger partial charge in [0.1, 0.15) is 5.75 Å². The van der Waals surface area contributed by atoms with E-state index >= 15 is 0 Å². The zero-order chi connectivity index (χ0) is 21.4. The summed E-state index contributed by atoms with van der Waals surface area (Å²) in [5.74, 6) is -2.11. The van der Waals surface area contributed by atoms with E-state index in [1.807, 2.05) is 0 Å². The molecule has 3 aromatic rings. The normalized spacial score (nSPS) is 13.2. The Kier molecular flexibility index (Phi) is 6.99. The van der Waals surface area contributed by atoms with Gasteiger partial charge in [0, 0.05) is 10.8 Å². The predicted octanol–water partition coefficient (Wildman–Crippen LogP) is 6.85. The summed E-state index contributed by atoms with van der Waals surface area (Å²) in [5.41, 5.74) is 9.63. The number of rotatable bonds is 8. The van der Waals surface area contributed by atoms with Crippen LogP contribution in [0.1, 0.15) is 28.5 Å². The van der Waals surface area contributed by atoms with Gasteiger partial charge in [0.15, 0.2) is 0 Å². The fourth-order valence-electron chi connectivity index (χ4n) is 3.49. The van der Waals surface area contributed by atoms with Gasteiger partial charge in [0.25, 0.3) is 0 Å². The molecule has 4 nitrogen and oxygen atoms in total. The molecule has 0 radical (unpaired) electrons. The van der Waals surface area contributed by atoms with E-state index in [0.29, 0.717) is 16.9 Å². The number of benzene rings is 3. The predicted molar refractivity (Wildman–Crippen MR) is 109 cm³/mol. The second-order valence-corrected chi connectivity index (χ2v) is 6.69. The van der Waals surface area contributed by atoms with Crippen LogP contribution in [-0.4, -0.2) is 19.3 Å². The fraction of sp³-hybridized carbons (Fsp3) is 0.217. The van der Waals surface area contributed by atoms with Crippen molar-refractivity contribution in [3.8, 4) is 5.75 Å². The molecular weight excluding hydrogens is 391 g/mol. The first-order chi connectivity index (χ1) is 14.5. The zero-order valence-corrected chi connectivity index (χ0v) is 16.0. The van der Waals surface area contributed by atoms with Crippen LogP contribution in [0.3, 0.4) is 0 Å². The van der Waals surface area contributed by atoms with E-state index in [2.05, 4.69) is 10.0 Å². The van der Waals surface area contributed by atoms with Crippen LogP contribution in [0.2, 0.25) is 0 Å². The van der Waals surface area contributed by atoms with Crippen molar-refractivity contribution in [3.05, 3.63) is 112 Å². The van der Waals surface area contributed by atoms with Crippen molar-refractivity contribution in [1.82, 2.24) is 0 Å². The molecule has 0 amide bonds. The van der Waals surface area contributed by atoms with Crippen LogP contribution in [0.25, 0.3) is 10.4 Å². The summed E-state index contributed by atoms with van der Waals surface area (Å²) in [7, 11) is 0. The van der Waals surface area contributed by atoms with Crippen LogP contribution in [0.5, 0.6) is 5.75 Å². The monoisotopic (exact) mass is 411 g/mol. The third-order valence-corrected chi connectivity index (χ3v) is 4.77. The highest BCUT2D eigenvalue weighted by Gasteiger charge is 2.46. The first kappa shape index (κ1) is 21.3. The summed E-state index contributed by atoms with van der Waals surface area (Å²) >= 11 is 0. The number of halogens is 3. The largest absolute Gasteiger partial charge is 0.493 e. The average molecular weight is 411 g/mol. The second kappa shape index (κ2) is 9.85. The molecule has 0 saturated heterocycles. The molecule has 0 aromatic heterocycles. The van der Waals surface area contributed by atoms with E-state index in [1.54, 1.807) is 72.8 Å². The van der Waals surface area contributed by atoms with Crippen LogP contribution >= 0.6 is 0 Å². The van der Waals surface area contributed by atoms with Gasteiger partial charge in [-0.1, -0.05) is 77.9 Å². The molecule has 2 unspecified atom stereocenters. The van der Waals surface area contributed by atoms with Crippen LogP contribution in [0.15, 0.2) is 90.0 Å². The van der Waals surface area contributed by atoms with Crippen LogP contribution in [-0.2, 0) is 0 Å². The Balaban J connectivity index is 2.00. The summed E-state index contributed by atoms with van der Waals surface area (Å²) in [4.78, 5) is 2.65. The van der Waals surface area contributed by atoms with E-state index in [0.717, 1.165) is 0 Å². The van der Waals surface area contributed by atoms with Gasteiger partial charge in [0.2, 0.25) is 0 Å². The van der Waals surface area contributed by atoms with Crippen molar-refractivity contribution < 1.29 is 17.9 Å². The van der Waals surface area contributed by atoms with E-state index in [1.165, 1.54) is 12.1 Å². The van der Waals surface area contributed by atoms with Gasteiger partial charge in [-0.2, -0.15) is 13.2 Å². The molecule has 7 heteroatoms. The Labute approximate surface area is 172 Å². The van der Waals surface area contributed by atoms with Gasteiger partial charge < -0.3 is 4.74 Å². The van der Waals surface area contributed by atoms with E-state index in [4.69, 9.17) is 10.3 Å². The second-order valence-electron chi connectivity index (χ2n) is 6.69. The third kappa shape index (κ3) is 5.33. The molecule has 0 heterocycles. The zero-order valence-electron chi connectivity index (χ0n) is 16.0. The maximum Gasteiger partial charge on any atom is 0.396 e. The number of alkyl halides is 3. The Morgan fingerprint density at radius 1 is 0.800 bits per heavy atom. The van der Waals surface area contributed by atoms with E-state index in [-0.39, 0.29) is 18.7 Å². The lowest BCUT2D eigenvalue weighted by Crippen LogP contribution is -2.28. The molecule has 0 aliphatic rings. The summed E-state index contributed by atoms with van der Waals surface area (Å²) in [6, 6.07) is 23.3. The number of hydrogen-bond donors (Lipinski definition) is 0. The molecule has 30 heavy (non-hydrogen) atoms. The Bertz CT molecular complexity index is 970. The molecule has 0 aliphatic heterocycles. The smallest absolute Gasteiger partial charge is 0.396 e. The lowest BCUT2D eigenvalue weighted by molar-refractivity contribution is -0.153. The van der Waals surface area contributed by atoms with E-state index < -0.39 is 18.0 Å². The van der Waals surface area contributed by atoms with Crippen molar-refractivity contribution in [2.24, 2.45) is 5.11 Å². The van der Waals surface area contributed by atoms with Gasteiger partial charge in [-0.25, -0.2) is 0 Å². The minimum atomic E-state index is -4.44. The van der Waals surface area contributed by atoms with Gasteiger partial charge in [-0.3, -0.25) is 0 Å². The SMILES string of the molecule is [N-]=[N+]=NCCOc1ccc(C(c2ccccc2)C(c2ccccc2)C(F)(F)F)cc1. The molecule has 0 bridgehead atoms. The van der Waals surface area contributed by atoms with Crippen molar-refractivity contribution in [2.75, 3.05) is 13.2 Å². The highest BCUT2D eigenvalue weighted by Crippen LogP contribution is 2.48. The van der Waals surface area contributed by atoms with Gasteiger partial charge in [0.05, 0.1) is 19.1 Å². The summed E-state index contributed by atoms with van der Waals surface area (Å²) < 4.78 is 48.3. The van der Waals surface area contributed by atoms with Crippen LogP contribution in [0, 0.1) is 0 Å². The standard InChI is InChI=1S/C23H20F3N3O/c24-23(25,26)22(19-9-5-2-6-10-19)21(17-7-3-1-4-8-17)18-11-13-20(14-12-18)30-16-15-28-29-27/h1-14,21-22H,15-16H2. The Morgan fingerprint density at radius 3 is 1.87 bits per heavy atom. The van der Waals surface area contributed by atoms with Crippen molar-refractivity contribution >= 4 is 0 Å². The highest BCUT2D eigenvalue weighted by molar-refractivity contribution is 5.41. The maximum atomic E-state index is 14.3. The van der Waals surface area contributed by atoms with Crippen molar-refractivity contribution in [3.63, 3.8) is 0 Å². The summed E-state index contributed by atoms with van der Waals surface area (Å²) in [6.07, 6.45) is -4.44. The lowest BCUT2D eigenvalue weighted by Gasteiger charge is -2.30. The molecule has 0 saturated carbocycles. The highest BCUT2D eigenvalue weighted by atomic mass is 19.4. The molecule has 0 N–H and O–H groups in total. The fourth-order valence-corrected chi connectivity index (χ4v) is 3.49.